The van der Waals surface area contributed by atoms with Gasteiger partial charge in [-0.1, -0.05) is 26.2 Å². The van der Waals surface area contributed by atoms with Crippen molar-refractivity contribution in [3.63, 3.8) is 0 Å². The summed E-state index contributed by atoms with van der Waals surface area (Å²) < 4.78 is 0. The average molecular weight is 130 g/mol. The third-order valence-electron chi connectivity index (χ3n) is 1.53. The van der Waals surface area contributed by atoms with Gasteiger partial charge in [-0.2, -0.15) is 11.8 Å². The first-order valence-electron chi connectivity index (χ1n) is 3.55. The van der Waals surface area contributed by atoms with Crippen molar-refractivity contribution in [2.75, 3.05) is 5.75 Å². The topological polar surface area (TPSA) is 0 Å². The summed E-state index contributed by atoms with van der Waals surface area (Å²) in [5, 5.41) is 1.07. The molecular formula is C7H14S. The molecule has 1 rings (SSSR count). The lowest BCUT2D eigenvalue weighted by molar-refractivity contribution is 0.682. The van der Waals surface area contributed by atoms with Gasteiger partial charge in [0.15, 0.2) is 0 Å². The average Bonchev–Trinajstić information content (AvgIpc) is 2.51. The largest absolute Gasteiger partial charge is 0.157 e. The highest BCUT2D eigenvalue weighted by molar-refractivity contribution is 8.06. The Bertz CT molecular complexity index is 57.4. The van der Waals surface area contributed by atoms with Crippen LogP contribution in [0.2, 0.25) is 0 Å². The molecule has 0 saturated carbocycles. The van der Waals surface area contributed by atoms with Gasteiger partial charge in [-0.25, -0.2) is 0 Å². The third-order valence-corrected chi connectivity index (χ3v) is 2.57. The SMILES string of the molecule is CCCCCC1CS1. The van der Waals surface area contributed by atoms with Gasteiger partial charge in [0.25, 0.3) is 0 Å². The maximum absolute atomic E-state index is 2.26. The van der Waals surface area contributed by atoms with E-state index in [4.69, 9.17) is 0 Å². The molecule has 1 unspecified atom stereocenters. The summed E-state index contributed by atoms with van der Waals surface area (Å²) in [5.74, 6) is 1.45. The monoisotopic (exact) mass is 130 g/mol. The van der Waals surface area contributed by atoms with Gasteiger partial charge >= 0.3 is 0 Å². The summed E-state index contributed by atoms with van der Waals surface area (Å²) in [6.07, 6.45) is 5.76. The van der Waals surface area contributed by atoms with E-state index in [1.807, 2.05) is 0 Å². The maximum Gasteiger partial charge on any atom is 0.0138 e. The minimum atomic E-state index is 1.07. The predicted molar refractivity (Wildman–Crippen MR) is 40.4 cm³/mol. The molecule has 48 valence electrons. The van der Waals surface area contributed by atoms with Crippen LogP contribution in [0.5, 0.6) is 0 Å². The molecule has 1 aliphatic rings. The number of unbranched alkanes of at least 4 members (excludes halogenated alkanes) is 2. The second kappa shape index (κ2) is 3.39. The minimum absolute atomic E-state index is 1.07. The highest BCUT2D eigenvalue weighted by atomic mass is 32.2. The number of hydrogen-bond acceptors (Lipinski definition) is 1. The fraction of sp³-hybridized carbons (Fsp3) is 1.00. The first kappa shape index (κ1) is 6.47. The lowest BCUT2D eigenvalue weighted by Crippen LogP contribution is -1.81. The number of thioether (sulfide) groups is 1. The van der Waals surface area contributed by atoms with Gasteiger partial charge in [-0.05, 0) is 6.42 Å². The molecule has 0 aliphatic carbocycles. The van der Waals surface area contributed by atoms with Gasteiger partial charge in [0.05, 0.1) is 0 Å². The van der Waals surface area contributed by atoms with Gasteiger partial charge in [0, 0.05) is 11.0 Å². The van der Waals surface area contributed by atoms with Crippen LogP contribution < -0.4 is 0 Å². The first-order chi connectivity index (χ1) is 3.93. The summed E-state index contributed by atoms with van der Waals surface area (Å²) in [5.41, 5.74) is 0. The Balaban J connectivity index is 1.74. The summed E-state index contributed by atoms with van der Waals surface area (Å²) in [6, 6.07) is 0. The van der Waals surface area contributed by atoms with Crippen LogP contribution in [-0.2, 0) is 0 Å². The summed E-state index contributed by atoms with van der Waals surface area (Å²) in [4.78, 5) is 0. The van der Waals surface area contributed by atoms with Crippen LogP contribution in [0.15, 0.2) is 0 Å². The molecule has 1 heteroatoms. The first-order valence-corrected chi connectivity index (χ1v) is 4.60. The molecule has 8 heavy (non-hydrogen) atoms. The Labute approximate surface area is 56.0 Å². The molecule has 0 N–H and O–H groups in total. The standard InChI is InChI=1S/C7H14S/c1-2-3-4-5-7-6-8-7/h7H,2-6H2,1H3. The minimum Gasteiger partial charge on any atom is -0.157 e. The molecule has 0 aromatic carbocycles. The van der Waals surface area contributed by atoms with E-state index in [9.17, 15) is 0 Å². The van der Waals surface area contributed by atoms with Gasteiger partial charge in [-0.15, -0.1) is 0 Å². The highest BCUT2D eigenvalue weighted by Crippen LogP contribution is 2.34. The van der Waals surface area contributed by atoms with E-state index in [1.165, 1.54) is 31.4 Å². The fourth-order valence-electron chi connectivity index (χ4n) is 0.857. The predicted octanol–water partition coefficient (Wildman–Crippen LogP) is 2.68. The zero-order chi connectivity index (χ0) is 5.82. The van der Waals surface area contributed by atoms with E-state index in [0.29, 0.717) is 0 Å². The molecule has 1 atom stereocenters. The van der Waals surface area contributed by atoms with E-state index < -0.39 is 0 Å². The Morgan fingerprint density at radius 3 is 2.75 bits per heavy atom. The second-order valence-corrected chi connectivity index (χ2v) is 3.78. The van der Waals surface area contributed by atoms with E-state index in [1.54, 1.807) is 0 Å². The van der Waals surface area contributed by atoms with E-state index in [-0.39, 0.29) is 0 Å². The molecule has 1 saturated heterocycles. The Kier molecular flexibility index (Phi) is 2.74. The molecule has 0 nitrogen and oxygen atoms in total. The molecule has 1 fully saturated rings. The van der Waals surface area contributed by atoms with Gasteiger partial charge in [0.1, 0.15) is 0 Å². The van der Waals surface area contributed by atoms with Crippen molar-refractivity contribution < 1.29 is 0 Å². The van der Waals surface area contributed by atoms with Gasteiger partial charge in [0.2, 0.25) is 0 Å². The third kappa shape index (κ3) is 2.61. The quantitative estimate of drug-likeness (QED) is 0.416. The van der Waals surface area contributed by atoms with E-state index in [2.05, 4.69) is 18.7 Å². The van der Waals surface area contributed by atoms with E-state index in [0.717, 1.165) is 5.25 Å². The van der Waals surface area contributed by atoms with E-state index >= 15 is 0 Å². The maximum atomic E-state index is 2.26. The summed E-state index contributed by atoms with van der Waals surface area (Å²) >= 11 is 2.12. The normalized spacial score (nSPS) is 25.9. The number of hydrogen-bond donors (Lipinski definition) is 0. The zero-order valence-corrected chi connectivity index (χ0v) is 6.34. The fourth-order valence-corrected chi connectivity index (χ4v) is 1.49. The van der Waals surface area contributed by atoms with Crippen LogP contribution in [0.25, 0.3) is 0 Å². The number of rotatable bonds is 4. The van der Waals surface area contributed by atoms with Crippen LogP contribution in [0.4, 0.5) is 0 Å². The molecular weight excluding hydrogens is 116 g/mol. The Morgan fingerprint density at radius 1 is 1.50 bits per heavy atom. The Hall–Kier alpha value is 0.350. The van der Waals surface area contributed by atoms with Crippen molar-refractivity contribution in [2.45, 2.75) is 37.9 Å². The molecule has 0 aromatic rings. The van der Waals surface area contributed by atoms with Crippen LogP contribution in [0.1, 0.15) is 32.6 Å². The molecule has 0 radical (unpaired) electrons. The van der Waals surface area contributed by atoms with Crippen molar-refractivity contribution >= 4 is 11.8 Å². The van der Waals surface area contributed by atoms with Crippen LogP contribution in [0, 0.1) is 0 Å². The molecule has 0 bridgehead atoms. The zero-order valence-electron chi connectivity index (χ0n) is 5.52. The molecule has 0 aromatic heterocycles. The Morgan fingerprint density at radius 2 is 2.25 bits per heavy atom. The second-order valence-electron chi connectivity index (χ2n) is 2.45. The lowest BCUT2D eigenvalue weighted by Gasteiger charge is -1.91. The van der Waals surface area contributed by atoms with Gasteiger partial charge in [-0.3, -0.25) is 0 Å². The highest BCUT2D eigenvalue weighted by Gasteiger charge is 2.20. The van der Waals surface area contributed by atoms with Gasteiger partial charge < -0.3 is 0 Å². The molecule has 1 heterocycles. The smallest absolute Gasteiger partial charge is 0.0138 e. The summed E-state index contributed by atoms with van der Waals surface area (Å²) in [7, 11) is 0. The lowest BCUT2D eigenvalue weighted by atomic mass is 10.2. The van der Waals surface area contributed by atoms with Crippen molar-refractivity contribution in [3.05, 3.63) is 0 Å². The van der Waals surface area contributed by atoms with Crippen LogP contribution in [-0.4, -0.2) is 11.0 Å². The van der Waals surface area contributed by atoms with Crippen molar-refractivity contribution in [3.8, 4) is 0 Å². The van der Waals surface area contributed by atoms with Crippen molar-refractivity contribution in [1.82, 2.24) is 0 Å². The van der Waals surface area contributed by atoms with Crippen LogP contribution in [0.3, 0.4) is 0 Å². The molecule has 0 spiro atoms. The molecule has 1 aliphatic heterocycles. The van der Waals surface area contributed by atoms with Crippen molar-refractivity contribution in [2.24, 2.45) is 0 Å². The van der Waals surface area contributed by atoms with Crippen LogP contribution >= 0.6 is 11.8 Å². The summed E-state index contributed by atoms with van der Waals surface area (Å²) in [6.45, 7) is 2.26. The molecule has 0 amide bonds. The van der Waals surface area contributed by atoms with Crippen molar-refractivity contribution in [1.29, 1.82) is 0 Å².